The van der Waals surface area contributed by atoms with Gasteiger partial charge in [-0.25, -0.2) is 4.79 Å². The van der Waals surface area contributed by atoms with Gasteiger partial charge in [-0.3, -0.25) is 4.79 Å². The standard InChI is InChI=1S/C12H16N2O4/c1-7(15)10(12(17)18)14-11(16)9-4-2-8(6-13)3-5-9/h2-5,7,10,15H,6,13H2,1H3,(H,14,16)(H,17,18). The second-order valence-corrected chi connectivity index (χ2v) is 3.93. The molecule has 0 saturated carbocycles. The summed E-state index contributed by atoms with van der Waals surface area (Å²) in [6, 6.07) is 5.16. The highest BCUT2D eigenvalue weighted by Crippen LogP contribution is 2.05. The van der Waals surface area contributed by atoms with Crippen LogP contribution in [-0.2, 0) is 11.3 Å². The molecule has 1 rings (SSSR count). The quantitative estimate of drug-likeness (QED) is 0.575. The Morgan fingerprint density at radius 3 is 2.28 bits per heavy atom. The Bertz CT molecular complexity index is 428. The Labute approximate surface area is 104 Å². The molecular formula is C12H16N2O4. The highest BCUT2D eigenvalue weighted by atomic mass is 16.4. The van der Waals surface area contributed by atoms with Crippen molar-refractivity contribution in [2.75, 3.05) is 0 Å². The molecule has 98 valence electrons. The zero-order valence-corrected chi connectivity index (χ0v) is 9.96. The Balaban J connectivity index is 2.77. The second kappa shape index (κ2) is 6.13. The first-order chi connectivity index (χ1) is 8.45. The van der Waals surface area contributed by atoms with Crippen LogP contribution in [0.1, 0.15) is 22.8 Å². The summed E-state index contributed by atoms with van der Waals surface area (Å²) in [6.45, 7) is 1.67. The molecule has 18 heavy (non-hydrogen) atoms. The Morgan fingerprint density at radius 1 is 1.33 bits per heavy atom. The van der Waals surface area contributed by atoms with E-state index in [1.807, 2.05) is 0 Å². The van der Waals surface area contributed by atoms with Gasteiger partial charge in [0.05, 0.1) is 6.10 Å². The van der Waals surface area contributed by atoms with Crippen LogP contribution in [-0.4, -0.2) is 34.2 Å². The van der Waals surface area contributed by atoms with Gasteiger partial charge in [-0.1, -0.05) is 12.1 Å². The van der Waals surface area contributed by atoms with E-state index in [9.17, 15) is 14.7 Å². The number of carboxylic acid groups (broad SMARTS) is 1. The number of aliphatic carboxylic acids is 1. The number of carbonyl (C=O) groups excluding carboxylic acids is 1. The molecular weight excluding hydrogens is 236 g/mol. The van der Waals surface area contributed by atoms with Gasteiger partial charge in [0, 0.05) is 12.1 Å². The number of carbonyl (C=O) groups is 2. The minimum absolute atomic E-state index is 0.319. The van der Waals surface area contributed by atoms with E-state index >= 15 is 0 Å². The molecule has 0 heterocycles. The van der Waals surface area contributed by atoms with E-state index in [0.717, 1.165) is 5.56 Å². The van der Waals surface area contributed by atoms with Gasteiger partial charge in [-0.2, -0.15) is 0 Å². The van der Waals surface area contributed by atoms with Crippen LogP contribution in [0.4, 0.5) is 0 Å². The molecule has 2 atom stereocenters. The van der Waals surface area contributed by atoms with Gasteiger partial charge in [-0.05, 0) is 24.6 Å². The molecule has 0 bridgehead atoms. The molecule has 0 saturated heterocycles. The third-order valence-corrected chi connectivity index (χ3v) is 2.49. The van der Waals surface area contributed by atoms with E-state index < -0.39 is 24.0 Å². The van der Waals surface area contributed by atoms with Crippen molar-refractivity contribution >= 4 is 11.9 Å². The van der Waals surface area contributed by atoms with Crippen LogP contribution < -0.4 is 11.1 Å². The van der Waals surface area contributed by atoms with Crippen LogP contribution >= 0.6 is 0 Å². The number of aliphatic hydroxyl groups excluding tert-OH is 1. The molecule has 1 aromatic rings. The maximum absolute atomic E-state index is 11.7. The van der Waals surface area contributed by atoms with E-state index in [1.54, 1.807) is 24.3 Å². The SMILES string of the molecule is CC(O)C(NC(=O)c1ccc(CN)cc1)C(=O)O. The molecule has 6 nitrogen and oxygen atoms in total. The fourth-order valence-electron chi connectivity index (χ4n) is 1.41. The number of aliphatic hydroxyl groups is 1. The van der Waals surface area contributed by atoms with Crippen molar-refractivity contribution in [2.24, 2.45) is 5.73 Å². The van der Waals surface area contributed by atoms with Gasteiger partial charge in [0.2, 0.25) is 0 Å². The molecule has 0 radical (unpaired) electrons. The summed E-state index contributed by atoms with van der Waals surface area (Å²) in [7, 11) is 0. The molecule has 0 fully saturated rings. The molecule has 0 aromatic heterocycles. The summed E-state index contributed by atoms with van der Waals surface area (Å²) < 4.78 is 0. The number of nitrogens with one attached hydrogen (secondary N) is 1. The minimum Gasteiger partial charge on any atom is -0.480 e. The van der Waals surface area contributed by atoms with Crippen molar-refractivity contribution in [3.63, 3.8) is 0 Å². The van der Waals surface area contributed by atoms with E-state index in [2.05, 4.69) is 5.32 Å². The average molecular weight is 252 g/mol. The maximum Gasteiger partial charge on any atom is 0.328 e. The van der Waals surface area contributed by atoms with E-state index in [0.29, 0.717) is 12.1 Å². The van der Waals surface area contributed by atoms with Gasteiger partial charge >= 0.3 is 5.97 Å². The first-order valence-corrected chi connectivity index (χ1v) is 5.46. The predicted octanol–water partition coefficient (Wildman–Crippen LogP) is -0.291. The van der Waals surface area contributed by atoms with Crippen molar-refractivity contribution in [3.05, 3.63) is 35.4 Å². The van der Waals surface area contributed by atoms with Gasteiger partial charge in [-0.15, -0.1) is 0 Å². The van der Waals surface area contributed by atoms with Crippen LogP contribution in [0.25, 0.3) is 0 Å². The number of benzene rings is 1. The molecule has 0 aliphatic carbocycles. The minimum atomic E-state index is -1.33. The number of rotatable bonds is 5. The van der Waals surface area contributed by atoms with Gasteiger partial charge < -0.3 is 21.3 Å². The molecule has 5 N–H and O–H groups in total. The van der Waals surface area contributed by atoms with Crippen molar-refractivity contribution in [2.45, 2.75) is 25.6 Å². The monoisotopic (exact) mass is 252 g/mol. The van der Waals surface area contributed by atoms with Crippen molar-refractivity contribution in [1.82, 2.24) is 5.32 Å². The largest absolute Gasteiger partial charge is 0.480 e. The highest BCUT2D eigenvalue weighted by molar-refractivity contribution is 5.96. The van der Waals surface area contributed by atoms with E-state index in [-0.39, 0.29) is 0 Å². The number of carboxylic acids is 1. The molecule has 6 heteroatoms. The first kappa shape index (κ1) is 14.1. The van der Waals surface area contributed by atoms with Crippen LogP contribution in [0.5, 0.6) is 0 Å². The molecule has 0 aliphatic heterocycles. The first-order valence-electron chi connectivity index (χ1n) is 5.46. The van der Waals surface area contributed by atoms with Crippen LogP contribution in [0.3, 0.4) is 0 Å². The predicted molar refractivity (Wildman–Crippen MR) is 64.9 cm³/mol. The zero-order chi connectivity index (χ0) is 13.7. The summed E-state index contributed by atoms with van der Waals surface area (Å²) in [6.07, 6.45) is -1.17. The molecule has 0 aliphatic rings. The third-order valence-electron chi connectivity index (χ3n) is 2.49. The van der Waals surface area contributed by atoms with Gasteiger partial charge in [0.15, 0.2) is 6.04 Å². The lowest BCUT2D eigenvalue weighted by atomic mass is 10.1. The number of hydrogen-bond donors (Lipinski definition) is 4. The summed E-state index contributed by atoms with van der Waals surface area (Å²) >= 11 is 0. The normalized spacial score (nSPS) is 13.7. The molecule has 1 aromatic carbocycles. The van der Waals surface area contributed by atoms with E-state index in [4.69, 9.17) is 10.8 Å². The van der Waals surface area contributed by atoms with Gasteiger partial charge in [0.25, 0.3) is 5.91 Å². The summed E-state index contributed by atoms with van der Waals surface area (Å²) in [5.74, 6) is -1.83. The number of amides is 1. The zero-order valence-electron chi connectivity index (χ0n) is 9.96. The lowest BCUT2D eigenvalue weighted by molar-refractivity contribution is -0.141. The average Bonchev–Trinajstić information content (AvgIpc) is 2.35. The fraction of sp³-hybridized carbons (Fsp3) is 0.333. The molecule has 2 unspecified atom stereocenters. The van der Waals surface area contributed by atoms with Crippen LogP contribution in [0.15, 0.2) is 24.3 Å². The van der Waals surface area contributed by atoms with Crippen molar-refractivity contribution in [1.29, 1.82) is 0 Å². The fourth-order valence-corrected chi connectivity index (χ4v) is 1.41. The summed E-state index contributed by atoms with van der Waals surface area (Å²) in [5, 5.41) is 20.3. The molecule has 0 spiro atoms. The summed E-state index contributed by atoms with van der Waals surface area (Å²) in [5.41, 5.74) is 6.62. The lowest BCUT2D eigenvalue weighted by Gasteiger charge is -2.17. The number of nitrogens with two attached hydrogens (primary N) is 1. The smallest absolute Gasteiger partial charge is 0.328 e. The third kappa shape index (κ3) is 3.54. The topological polar surface area (TPSA) is 113 Å². The maximum atomic E-state index is 11.7. The Hall–Kier alpha value is -1.92. The van der Waals surface area contributed by atoms with E-state index in [1.165, 1.54) is 6.92 Å². The summed E-state index contributed by atoms with van der Waals surface area (Å²) in [4.78, 5) is 22.6. The van der Waals surface area contributed by atoms with Gasteiger partial charge in [0.1, 0.15) is 0 Å². The number of hydrogen-bond acceptors (Lipinski definition) is 4. The Morgan fingerprint density at radius 2 is 1.89 bits per heavy atom. The lowest BCUT2D eigenvalue weighted by Crippen LogP contribution is -2.47. The Kier molecular flexibility index (Phi) is 4.82. The van der Waals surface area contributed by atoms with Crippen molar-refractivity contribution in [3.8, 4) is 0 Å². The van der Waals surface area contributed by atoms with Crippen molar-refractivity contribution < 1.29 is 19.8 Å². The molecule has 1 amide bonds. The van der Waals surface area contributed by atoms with Crippen LogP contribution in [0, 0.1) is 0 Å². The van der Waals surface area contributed by atoms with Crippen LogP contribution in [0.2, 0.25) is 0 Å². The highest BCUT2D eigenvalue weighted by Gasteiger charge is 2.25. The second-order valence-electron chi connectivity index (χ2n) is 3.93.